The summed E-state index contributed by atoms with van der Waals surface area (Å²) in [6, 6.07) is 8.45. The van der Waals surface area contributed by atoms with Gasteiger partial charge in [0.1, 0.15) is 0 Å². The summed E-state index contributed by atoms with van der Waals surface area (Å²) in [4.78, 5) is 15.4. The van der Waals surface area contributed by atoms with E-state index in [-0.39, 0.29) is 6.42 Å². The van der Waals surface area contributed by atoms with Crippen LogP contribution in [-0.4, -0.2) is 53.6 Å². The summed E-state index contributed by atoms with van der Waals surface area (Å²) in [6.45, 7) is 7.18. The third kappa shape index (κ3) is 4.99. The van der Waals surface area contributed by atoms with Gasteiger partial charge in [0.05, 0.1) is 0 Å². The number of nitrogens with zero attached hydrogens (tertiary/aromatic N) is 2. The van der Waals surface area contributed by atoms with E-state index < -0.39 is 5.97 Å². The molecule has 0 aromatic heterocycles. The number of hydrogen-bond donors (Lipinski definition) is 1. The van der Waals surface area contributed by atoms with Gasteiger partial charge in [-0.1, -0.05) is 23.7 Å². The Morgan fingerprint density at radius 1 is 1.24 bits per heavy atom. The Labute approximate surface area is 131 Å². The molecule has 1 aromatic rings. The number of benzene rings is 1. The van der Waals surface area contributed by atoms with Crippen LogP contribution in [0.1, 0.15) is 31.4 Å². The number of carbonyl (C=O) groups is 1. The predicted molar refractivity (Wildman–Crippen MR) is 84.7 cm³/mol. The zero-order chi connectivity index (χ0) is 15.2. The van der Waals surface area contributed by atoms with Gasteiger partial charge in [-0.15, -0.1) is 0 Å². The minimum absolute atomic E-state index is 0.265. The van der Waals surface area contributed by atoms with Gasteiger partial charge in [-0.3, -0.25) is 9.69 Å². The van der Waals surface area contributed by atoms with Crippen LogP contribution >= 0.6 is 11.6 Å². The van der Waals surface area contributed by atoms with E-state index in [2.05, 4.69) is 28.9 Å². The van der Waals surface area contributed by atoms with Crippen LogP contribution in [0.4, 0.5) is 0 Å². The van der Waals surface area contributed by atoms with Crippen molar-refractivity contribution in [3.8, 4) is 0 Å². The number of hydrogen-bond acceptors (Lipinski definition) is 3. The number of halogens is 1. The van der Waals surface area contributed by atoms with Gasteiger partial charge >= 0.3 is 5.97 Å². The van der Waals surface area contributed by atoms with Crippen LogP contribution in [0.5, 0.6) is 0 Å². The summed E-state index contributed by atoms with van der Waals surface area (Å²) in [5.74, 6) is -0.704. The second-order valence-corrected chi connectivity index (χ2v) is 6.04. The molecule has 1 aliphatic heterocycles. The van der Waals surface area contributed by atoms with Gasteiger partial charge < -0.3 is 10.0 Å². The molecule has 0 saturated carbocycles. The average molecular weight is 311 g/mol. The van der Waals surface area contributed by atoms with Gasteiger partial charge in [0, 0.05) is 43.7 Å². The SMILES string of the molecule is C[C@@H](c1ccc(Cl)cc1)N1CCN(CCCC(=O)O)CC1. The molecule has 1 saturated heterocycles. The molecular weight excluding hydrogens is 288 g/mol. The van der Waals surface area contributed by atoms with Crippen molar-refractivity contribution >= 4 is 17.6 Å². The second kappa shape index (κ2) is 7.78. The fraction of sp³-hybridized carbons (Fsp3) is 0.562. The molecule has 0 radical (unpaired) electrons. The van der Waals surface area contributed by atoms with E-state index in [0.717, 1.165) is 44.2 Å². The van der Waals surface area contributed by atoms with Crippen molar-refractivity contribution in [2.24, 2.45) is 0 Å². The fourth-order valence-corrected chi connectivity index (χ4v) is 2.91. The molecule has 1 aliphatic rings. The van der Waals surface area contributed by atoms with Crippen LogP contribution < -0.4 is 0 Å². The maximum atomic E-state index is 10.5. The minimum Gasteiger partial charge on any atom is -0.481 e. The Bertz CT molecular complexity index is 456. The molecule has 1 atom stereocenters. The van der Waals surface area contributed by atoms with Gasteiger partial charge in [0.15, 0.2) is 0 Å². The highest BCUT2D eigenvalue weighted by Crippen LogP contribution is 2.23. The van der Waals surface area contributed by atoms with Gasteiger partial charge in [0.25, 0.3) is 0 Å². The lowest BCUT2D eigenvalue weighted by molar-refractivity contribution is -0.137. The summed E-state index contributed by atoms with van der Waals surface area (Å²) in [6.07, 6.45) is 1.00. The smallest absolute Gasteiger partial charge is 0.303 e. The second-order valence-electron chi connectivity index (χ2n) is 5.60. The summed E-state index contributed by atoms with van der Waals surface area (Å²) in [5.41, 5.74) is 1.29. The molecule has 1 heterocycles. The Hall–Kier alpha value is -1.10. The molecule has 2 rings (SSSR count). The standard InChI is InChI=1S/C16H23ClN2O2/c1-13(14-4-6-15(17)7-5-14)19-11-9-18(10-12-19)8-2-3-16(20)21/h4-7,13H,2-3,8-12H2,1H3,(H,20,21)/t13-/m0/s1. The predicted octanol–water partition coefficient (Wildman–Crippen LogP) is 2.88. The monoisotopic (exact) mass is 310 g/mol. The molecule has 1 fully saturated rings. The van der Waals surface area contributed by atoms with E-state index >= 15 is 0 Å². The van der Waals surface area contributed by atoms with Crippen molar-refractivity contribution in [3.63, 3.8) is 0 Å². The molecule has 4 nitrogen and oxygen atoms in total. The normalized spacial score (nSPS) is 18.6. The highest BCUT2D eigenvalue weighted by molar-refractivity contribution is 6.30. The zero-order valence-corrected chi connectivity index (χ0v) is 13.2. The molecule has 1 aromatic carbocycles. The van der Waals surface area contributed by atoms with Crippen molar-refractivity contribution < 1.29 is 9.90 Å². The van der Waals surface area contributed by atoms with Crippen LogP contribution in [0.3, 0.4) is 0 Å². The lowest BCUT2D eigenvalue weighted by Crippen LogP contribution is -2.47. The molecule has 21 heavy (non-hydrogen) atoms. The largest absolute Gasteiger partial charge is 0.481 e. The molecule has 0 unspecified atom stereocenters. The maximum absolute atomic E-state index is 10.5. The first kappa shape index (κ1) is 16.3. The van der Waals surface area contributed by atoms with Gasteiger partial charge in [-0.25, -0.2) is 0 Å². The van der Waals surface area contributed by atoms with E-state index in [1.54, 1.807) is 0 Å². The maximum Gasteiger partial charge on any atom is 0.303 e. The number of aliphatic carboxylic acids is 1. The van der Waals surface area contributed by atoms with Crippen LogP contribution in [0.25, 0.3) is 0 Å². The Kier molecular flexibility index (Phi) is 6.03. The first-order chi connectivity index (χ1) is 10.1. The Morgan fingerprint density at radius 3 is 2.43 bits per heavy atom. The fourth-order valence-electron chi connectivity index (χ4n) is 2.78. The summed E-state index contributed by atoms with van der Waals surface area (Å²) in [7, 11) is 0. The van der Waals surface area contributed by atoms with Crippen LogP contribution in [0.15, 0.2) is 24.3 Å². The quantitative estimate of drug-likeness (QED) is 0.877. The number of carboxylic acid groups (broad SMARTS) is 1. The molecule has 0 spiro atoms. The van der Waals surface area contributed by atoms with Crippen molar-refractivity contribution in [2.45, 2.75) is 25.8 Å². The van der Waals surface area contributed by atoms with E-state index in [1.807, 2.05) is 12.1 Å². The molecular formula is C16H23ClN2O2. The van der Waals surface area contributed by atoms with Gasteiger partial charge in [-0.05, 0) is 37.6 Å². The molecule has 1 N–H and O–H groups in total. The zero-order valence-electron chi connectivity index (χ0n) is 12.5. The topological polar surface area (TPSA) is 43.8 Å². The van der Waals surface area contributed by atoms with Gasteiger partial charge in [0.2, 0.25) is 0 Å². The summed E-state index contributed by atoms with van der Waals surface area (Å²) in [5, 5.41) is 9.44. The third-order valence-electron chi connectivity index (χ3n) is 4.17. The van der Waals surface area contributed by atoms with Gasteiger partial charge in [-0.2, -0.15) is 0 Å². The van der Waals surface area contributed by atoms with Crippen LogP contribution in [-0.2, 0) is 4.79 Å². The van der Waals surface area contributed by atoms with Crippen molar-refractivity contribution in [3.05, 3.63) is 34.9 Å². The van der Waals surface area contributed by atoms with E-state index in [0.29, 0.717) is 6.04 Å². The highest BCUT2D eigenvalue weighted by atomic mass is 35.5. The lowest BCUT2D eigenvalue weighted by atomic mass is 10.1. The van der Waals surface area contributed by atoms with E-state index in [4.69, 9.17) is 16.7 Å². The molecule has 116 valence electrons. The summed E-state index contributed by atoms with van der Waals surface area (Å²) >= 11 is 5.93. The number of carboxylic acids is 1. The van der Waals surface area contributed by atoms with E-state index in [1.165, 1.54) is 5.56 Å². The Morgan fingerprint density at radius 2 is 1.86 bits per heavy atom. The average Bonchev–Trinajstić information content (AvgIpc) is 2.48. The molecule has 0 aliphatic carbocycles. The minimum atomic E-state index is -0.704. The molecule has 0 amide bonds. The Balaban J connectivity index is 1.77. The molecule has 0 bridgehead atoms. The van der Waals surface area contributed by atoms with E-state index in [9.17, 15) is 4.79 Å². The van der Waals surface area contributed by atoms with Crippen molar-refractivity contribution in [1.29, 1.82) is 0 Å². The first-order valence-electron chi connectivity index (χ1n) is 7.50. The first-order valence-corrected chi connectivity index (χ1v) is 7.87. The lowest BCUT2D eigenvalue weighted by Gasteiger charge is -2.38. The summed E-state index contributed by atoms with van der Waals surface area (Å²) < 4.78 is 0. The number of piperazine rings is 1. The highest BCUT2D eigenvalue weighted by Gasteiger charge is 2.21. The molecule has 5 heteroatoms. The number of rotatable bonds is 6. The van der Waals surface area contributed by atoms with Crippen LogP contribution in [0, 0.1) is 0 Å². The van der Waals surface area contributed by atoms with Crippen molar-refractivity contribution in [2.75, 3.05) is 32.7 Å². The van der Waals surface area contributed by atoms with Crippen LogP contribution in [0.2, 0.25) is 5.02 Å². The van der Waals surface area contributed by atoms with Crippen molar-refractivity contribution in [1.82, 2.24) is 9.80 Å². The third-order valence-corrected chi connectivity index (χ3v) is 4.42.